The van der Waals surface area contributed by atoms with E-state index in [1.165, 1.54) is 9.13 Å². The highest BCUT2D eigenvalue weighted by molar-refractivity contribution is 14.1. The van der Waals surface area contributed by atoms with Gasteiger partial charge in [0.2, 0.25) is 0 Å². The third kappa shape index (κ3) is 2.68. The minimum Gasteiger partial charge on any atom is -0.493 e. The lowest BCUT2D eigenvalue weighted by atomic mass is 10.0. The number of methoxy groups -OCH3 is 1. The fourth-order valence-corrected chi connectivity index (χ4v) is 2.96. The Hall–Kier alpha value is -1.12. The van der Waals surface area contributed by atoms with Crippen LogP contribution in [0.4, 0.5) is 0 Å². The molecule has 0 bridgehead atoms. The average Bonchev–Trinajstić information content (AvgIpc) is 2.87. The molecule has 108 valence electrons. The van der Waals surface area contributed by atoms with Crippen molar-refractivity contribution in [2.45, 2.75) is 26.4 Å². The van der Waals surface area contributed by atoms with Crippen molar-refractivity contribution in [2.75, 3.05) is 7.11 Å². The second-order valence-corrected chi connectivity index (χ2v) is 5.57. The van der Waals surface area contributed by atoms with Gasteiger partial charge in [-0.05, 0) is 47.6 Å². The molecule has 0 saturated heterocycles. The molecule has 0 radical (unpaired) electrons. The molecule has 2 aromatic rings. The van der Waals surface area contributed by atoms with Gasteiger partial charge in [-0.2, -0.15) is 5.10 Å². The maximum absolute atomic E-state index is 5.81. The van der Waals surface area contributed by atoms with Gasteiger partial charge in [0.15, 0.2) is 5.75 Å². The van der Waals surface area contributed by atoms with Crippen LogP contribution in [0.1, 0.15) is 29.8 Å². The molecule has 1 aromatic heterocycles. The first-order valence-electron chi connectivity index (χ1n) is 6.44. The lowest BCUT2D eigenvalue weighted by Crippen LogP contribution is -2.31. The molecular formula is C14H19IN4O. The minimum atomic E-state index is -0.154. The summed E-state index contributed by atoms with van der Waals surface area (Å²) in [5, 5.41) is 4.35. The van der Waals surface area contributed by atoms with Crippen molar-refractivity contribution < 1.29 is 4.74 Å². The monoisotopic (exact) mass is 386 g/mol. The molecule has 20 heavy (non-hydrogen) atoms. The molecule has 0 aliphatic carbocycles. The second kappa shape index (κ2) is 6.55. The number of hydrazine groups is 1. The van der Waals surface area contributed by atoms with E-state index in [2.05, 4.69) is 52.2 Å². The molecule has 2 rings (SSSR count). The van der Waals surface area contributed by atoms with Crippen LogP contribution in [0.3, 0.4) is 0 Å². The van der Waals surface area contributed by atoms with Crippen LogP contribution in [-0.2, 0) is 6.54 Å². The first-order valence-corrected chi connectivity index (χ1v) is 7.52. The fourth-order valence-electron chi connectivity index (χ4n) is 2.29. The number of hydrogen-bond acceptors (Lipinski definition) is 4. The summed E-state index contributed by atoms with van der Waals surface area (Å²) >= 11 is 2.35. The molecule has 6 heteroatoms. The number of rotatable bonds is 5. The van der Waals surface area contributed by atoms with Crippen molar-refractivity contribution in [3.63, 3.8) is 0 Å². The van der Waals surface area contributed by atoms with Crippen LogP contribution in [0, 0.1) is 10.5 Å². The van der Waals surface area contributed by atoms with E-state index in [0.29, 0.717) is 0 Å². The van der Waals surface area contributed by atoms with Gasteiger partial charge in [0.25, 0.3) is 0 Å². The highest BCUT2D eigenvalue weighted by atomic mass is 127. The maximum Gasteiger partial charge on any atom is 0.161 e. The van der Waals surface area contributed by atoms with Gasteiger partial charge >= 0.3 is 0 Å². The molecule has 5 nitrogen and oxygen atoms in total. The average molecular weight is 386 g/mol. The van der Waals surface area contributed by atoms with Crippen molar-refractivity contribution in [1.29, 1.82) is 0 Å². The van der Waals surface area contributed by atoms with Crippen molar-refractivity contribution in [1.82, 2.24) is 15.2 Å². The predicted octanol–water partition coefficient (Wildman–Crippen LogP) is 2.38. The lowest BCUT2D eigenvalue weighted by molar-refractivity contribution is 0.399. The second-order valence-electron chi connectivity index (χ2n) is 4.49. The Morgan fingerprint density at radius 2 is 2.25 bits per heavy atom. The van der Waals surface area contributed by atoms with Crippen molar-refractivity contribution in [2.24, 2.45) is 5.84 Å². The van der Waals surface area contributed by atoms with Gasteiger partial charge in [-0.1, -0.05) is 18.2 Å². The zero-order valence-electron chi connectivity index (χ0n) is 11.9. The normalized spacial score (nSPS) is 12.4. The Morgan fingerprint density at radius 3 is 2.85 bits per heavy atom. The van der Waals surface area contributed by atoms with Crippen molar-refractivity contribution >= 4 is 22.6 Å². The molecule has 0 spiro atoms. The summed E-state index contributed by atoms with van der Waals surface area (Å²) in [6.45, 7) is 4.90. The van der Waals surface area contributed by atoms with E-state index >= 15 is 0 Å². The highest BCUT2D eigenvalue weighted by Crippen LogP contribution is 2.32. The summed E-state index contributed by atoms with van der Waals surface area (Å²) in [7, 11) is 1.65. The SMILES string of the molecule is CCn1ncc(OC)c1C(NN)c1cccc(C)c1I. The van der Waals surface area contributed by atoms with E-state index in [9.17, 15) is 0 Å². The Balaban J connectivity index is 2.58. The van der Waals surface area contributed by atoms with E-state index in [1.54, 1.807) is 13.3 Å². The summed E-state index contributed by atoms with van der Waals surface area (Å²) < 4.78 is 8.52. The van der Waals surface area contributed by atoms with Gasteiger partial charge in [0.1, 0.15) is 5.69 Å². The number of nitrogens with zero attached hydrogens (tertiary/aromatic N) is 2. The maximum atomic E-state index is 5.81. The van der Waals surface area contributed by atoms with E-state index in [4.69, 9.17) is 10.6 Å². The van der Waals surface area contributed by atoms with Crippen LogP contribution in [0.25, 0.3) is 0 Å². The van der Waals surface area contributed by atoms with Crippen LogP contribution >= 0.6 is 22.6 Å². The zero-order valence-corrected chi connectivity index (χ0v) is 14.0. The molecule has 0 aliphatic rings. The number of hydrogen-bond donors (Lipinski definition) is 2. The van der Waals surface area contributed by atoms with Crippen LogP contribution < -0.4 is 16.0 Å². The van der Waals surface area contributed by atoms with Crippen LogP contribution in [0.2, 0.25) is 0 Å². The Morgan fingerprint density at radius 1 is 1.50 bits per heavy atom. The fraction of sp³-hybridized carbons (Fsp3) is 0.357. The van der Waals surface area contributed by atoms with Gasteiger partial charge < -0.3 is 4.74 Å². The molecule has 0 saturated carbocycles. The number of halogens is 1. The molecule has 1 atom stereocenters. The summed E-state index contributed by atoms with van der Waals surface area (Å²) in [6.07, 6.45) is 1.73. The van der Waals surface area contributed by atoms with Crippen LogP contribution in [-0.4, -0.2) is 16.9 Å². The number of aromatic nitrogens is 2. The number of ether oxygens (including phenoxy) is 1. The number of aryl methyl sites for hydroxylation is 2. The number of nitrogens with one attached hydrogen (secondary N) is 1. The van der Waals surface area contributed by atoms with Gasteiger partial charge in [0, 0.05) is 10.1 Å². The van der Waals surface area contributed by atoms with E-state index in [1.807, 2.05) is 17.7 Å². The van der Waals surface area contributed by atoms with E-state index < -0.39 is 0 Å². The molecule has 3 N–H and O–H groups in total. The summed E-state index contributed by atoms with van der Waals surface area (Å²) in [5.41, 5.74) is 6.19. The molecular weight excluding hydrogens is 367 g/mol. The van der Waals surface area contributed by atoms with E-state index in [-0.39, 0.29) is 6.04 Å². The third-order valence-electron chi connectivity index (χ3n) is 3.34. The standard InChI is InChI=1S/C14H19IN4O/c1-4-19-14(11(20-3)8-17-19)13(18-16)10-7-5-6-9(2)12(10)15/h5-8,13,18H,4,16H2,1-3H3. The first-order chi connectivity index (χ1) is 9.63. The van der Waals surface area contributed by atoms with Gasteiger partial charge in [-0.25, -0.2) is 5.43 Å². The predicted molar refractivity (Wildman–Crippen MR) is 87.5 cm³/mol. The topological polar surface area (TPSA) is 65.1 Å². The van der Waals surface area contributed by atoms with Crippen LogP contribution in [0.5, 0.6) is 5.75 Å². The molecule has 1 heterocycles. The van der Waals surface area contributed by atoms with Gasteiger partial charge in [-0.3, -0.25) is 10.5 Å². The van der Waals surface area contributed by atoms with Crippen molar-refractivity contribution in [3.05, 3.63) is 44.8 Å². The quantitative estimate of drug-likeness (QED) is 0.471. The molecule has 1 aromatic carbocycles. The highest BCUT2D eigenvalue weighted by Gasteiger charge is 2.24. The summed E-state index contributed by atoms with van der Waals surface area (Å²) in [5.74, 6) is 6.55. The van der Waals surface area contributed by atoms with Gasteiger partial charge in [-0.15, -0.1) is 0 Å². The smallest absolute Gasteiger partial charge is 0.161 e. The number of benzene rings is 1. The molecule has 0 amide bonds. The van der Waals surface area contributed by atoms with Crippen LogP contribution in [0.15, 0.2) is 24.4 Å². The molecule has 0 fully saturated rings. The molecule has 0 aliphatic heterocycles. The summed E-state index contributed by atoms with van der Waals surface area (Å²) in [6, 6.07) is 6.05. The number of nitrogens with two attached hydrogens (primary N) is 1. The summed E-state index contributed by atoms with van der Waals surface area (Å²) in [4.78, 5) is 0. The largest absolute Gasteiger partial charge is 0.493 e. The minimum absolute atomic E-state index is 0.154. The Bertz CT molecular complexity index is 575. The first kappa shape index (κ1) is 15.3. The van der Waals surface area contributed by atoms with Gasteiger partial charge in [0.05, 0.1) is 19.3 Å². The Labute approximate surface area is 132 Å². The molecule has 1 unspecified atom stereocenters. The zero-order chi connectivity index (χ0) is 14.7. The van der Waals surface area contributed by atoms with E-state index in [0.717, 1.165) is 23.6 Å². The Kier molecular flexibility index (Phi) is 5.00. The lowest BCUT2D eigenvalue weighted by Gasteiger charge is -2.21. The van der Waals surface area contributed by atoms with Crippen molar-refractivity contribution in [3.8, 4) is 5.75 Å². The third-order valence-corrected chi connectivity index (χ3v) is 4.81.